The summed E-state index contributed by atoms with van der Waals surface area (Å²) in [5.41, 5.74) is 1.32. The van der Waals surface area contributed by atoms with Crippen molar-refractivity contribution in [1.82, 2.24) is 10.6 Å². The van der Waals surface area contributed by atoms with Crippen molar-refractivity contribution in [3.05, 3.63) is 84.9 Å². The van der Waals surface area contributed by atoms with E-state index in [1.165, 1.54) is 0 Å². The number of thiocarbonyl (C=S) groups is 2. The fraction of sp³-hybridized carbons (Fsp3) is 0.226. The molecule has 0 unspecified atom stereocenters. The molecular weight excluding hydrogens is 525 g/mol. The van der Waals surface area contributed by atoms with Gasteiger partial charge in [-0.2, -0.15) is 0 Å². The van der Waals surface area contributed by atoms with Crippen LogP contribution in [0.4, 0.5) is 11.4 Å². The molecule has 0 spiro atoms. The van der Waals surface area contributed by atoms with Crippen molar-refractivity contribution in [3.8, 4) is 0 Å². The zero-order valence-corrected chi connectivity index (χ0v) is 23.4. The fourth-order valence-corrected chi connectivity index (χ4v) is 5.82. The third-order valence-electron chi connectivity index (χ3n) is 7.78. The van der Waals surface area contributed by atoms with E-state index < -0.39 is 0 Å². The first kappa shape index (κ1) is 26.7. The quantitative estimate of drug-likeness (QED) is 0.215. The summed E-state index contributed by atoms with van der Waals surface area (Å²) in [6.07, 6.45) is 0.888. The number of anilines is 2. The van der Waals surface area contributed by atoms with Crippen molar-refractivity contribution >= 4 is 79.4 Å². The van der Waals surface area contributed by atoms with Crippen LogP contribution in [0.25, 0.3) is 21.5 Å². The molecule has 6 nitrogen and oxygen atoms in total. The van der Waals surface area contributed by atoms with Crippen LogP contribution in [0.15, 0.2) is 84.9 Å². The Morgan fingerprint density at radius 2 is 1.23 bits per heavy atom. The van der Waals surface area contributed by atoms with Gasteiger partial charge < -0.3 is 21.3 Å². The number of carbonyl (C=O) groups excluding carboxylic acids is 2. The molecular formula is C31H30N4O2S2. The van der Waals surface area contributed by atoms with E-state index in [1.807, 2.05) is 98.8 Å². The molecule has 0 aliphatic heterocycles. The lowest BCUT2D eigenvalue weighted by atomic mass is 9.53. The molecule has 1 fully saturated rings. The zero-order valence-electron chi connectivity index (χ0n) is 21.8. The van der Waals surface area contributed by atoms with Crippen LogP contribution in [-0.2, 0) is 9.59 Å². The average Bonchev–Trinajstić information content (AvgIpc) is 2.91. The van der Waals surface area contributed by atoms with Crippen molar-refractivity contribution in [1.29, 1.82) is 0 Å². The largest absolute Gasteiger partial charge is 0.332 e. The van der Waals surface area contributed by atoms with Crippen LogP contribution >= 0.6 is 24.4 Å². The zero-order chi connectivity index (χ0) is 27.6. The lowest BCUT2D eigenvalue weighted by Gasteiger charge is -2.51. The molecule has 0 aromatic heterocycles. The van der Waals surface area contributed by atoms with Crippen LogP contribution in [0.1, 0.15) is 26.7 Å². The van der Waals surface area contributed by atoms with Crippen molar-refractivity contribution < 1.29 is 9.59 Å². The molecule has 5 rings (SSSR count). The first-order valence-electron chi connectivity index (χ1n) is 12.9. The molecule has 2 atom stereocenters. The average molecular weight is 555 g/mol. The molecule has 39 heavy (non-hydrogen) atoms. The van der Waals surface area contributed by atoms with Gasteiger partial charge in [-0.1, -0.05) is 86.6 Å². The lowest BCUT2D eigenvalue weighted by Crippen LogP contribution is -2.55. The summed E-state index contributed by atoms with van der Waals surface area (Å²) >= 11 is 10.8. The van der Waals surface area contributed by atoms with Crippen LogP contribution < -0.4 is 21.3 Å². The number of rotatable bonds is 5. The van der Waals surface area contributed by atoms with Gasteiger partial charge in [0.05, 0.1) is 0 Å². The molecule has 1 aliphatic carbocycles. The van der Waals surface area contributed by atoms with Gasteiger partial charge in [-0.3, -0.25) is 9.59 Å². The maximum absolute atomic E-state index is 13.1. The summed E-state index contributed by atoms with van der Waals surface area (Å²) in [5.74, 6) is -0.503. The SMILES string of the molecule is CC1(C)[C@H](CC(=O)NC(=S)Nc2cccc3ccccc23)C[C@H]1C(=O)NC(=S)Nc1cccc2ccccc12. The normalized spacial score (nSPS) is 17.6. The molecule has 0 bridgehead atoms. The Kier molecular flexibility index (Phi) is 7.59. The van der Waals surface area contributed by atoms with Crippen LogP contribution in [0.5, 0.6) is 0 Å². The van der Waals surface area contributed by atoms with Gasteiger partial charge in [0.15, 0.2) is 10.2 Å². The van der Waals surface area contributed by atoms with Gasteiger partial charge in [0.25, 0.3) is 0 Å². The molecule has 1 aliphatic rings. The highest BCUT2D eigenvalue weighted by Crippen LogP contribution is 2.52. The molecule has 198 valence electrons. The van der Waals surface area contributed by atoms with Gasteiger partial charge in [-0.25, -0.2) is 0 Å². The fourth-order valence-electron chi connectivity index (χ4n) is 5.38. The van der Waals surface area contributed by atoms with Crippen molar-refractivity contribution in [3.63, 3.8) is 0 Å². The van der Waals surface area contributed by atoms with E-state index in [1.54, 1.807) is 0 Å². The van der Waals surface area contributed by atoms with Crippen LogP contribution in [0.3, 0.4) is 0 Å². The van der Waals surface area contributed by atoms with Gasteiger partial charge in [0.1, 0.15) is 0 Å². The Balaban J connectivity index is 1.12. The van der Waals surface area contributed by atoms with E-state index in [9.17, 15) is 9.59 Å². The minimum Gasteiger partial charge on any atom is -0.332 e. The maximum Gasteiger partial charge on any atom is 0.229 e. The number of nitrogens with one attached hydrogen (secondary N) is 4. The topological polar surface area (TPSA) is 82.3 Å². The molecule has 4 aromatic rings. The molecule has 8 heteroatoms. The van der Waals surface area contributed by atoms with E-state index in [4.69, 9.17) is 24.4 Å². The van der Waals surface area contributed by atoms with Gasteiger partial charge in [0.2, 0.25) is 11.8 Å². The number of amides is 2. The van der Waals surface area contributed by atoms with E-state index >= 15 is 0 Å². The second-order valence-electron chi connectivity index (χ2n) is 10.5. The standard InChI is InChI=1S/C31H30N4O2S2/c1-31(2)21(18-27(36)34-29(38)32-25-15-7-11-19-9-3-5-13-22(19)25)17-24(31)28(37)35-30(39)33-26-16-8-12-20-10-4-6-14-23(20)26/h3-16,21,24H,17-18H2,1-2H3,(H2,32,34,36,38)(H2,33,35,37,39)/t21-,24-/m0/s1. The minimum absolute atomic E-state index is 0.0493. The Bertz CT molecular complexity index is 1590. The Morgan fingerprint density at radius 1 is 0.744 bits per heavy atom. The first-order valence-corrected chi connectivity index (χ1v) is 13.7. The van der Waals surface area contributed by atoms with Crippen LogP contribution in [0.2, 0.25) is 0 Å². The molecule has 1 saturated carbocycles. The number of hydrogen-bond donors (Lipinski definition) is 4. The summed E-state index contributed by atoms with van der Waals surface area (Å²) < 4.78 is 0. The van der Waals surface area contributed by atoms with Crippen LogP contribution in [0, 0.1) is 17.3 Å². The van der Waals surface area contributed by atoms with E-state index in [2.05, 4.69) is 21.3 Å². The smallest absolute Gasteiger partial charge is 0.229 e. The third kappa shape index (κ3) is 5.77. The molecule has 2 amide bonds. The van der Waals surface area contributed by atoms with Gasteiger partial charge in [-0.05, 0) is 65.1 Å². The van der Waals surface area contributed by atoms with E-state index in [0.717, 1.165) is 32.9 Å². The summed E-state index contributed by atoms with van der Waals surface area (Å²) in [4.78, 5) is 25.8. The molecule has 0 saturated heterocycles. The minimum atomic E-state index is -0.360. The Morgan fingerprint density at radius 3 is 1.77 bits per heavy atom. The molecule has 0 radical (unpaired) electrons. The van der Waals surface area contributed by atoms with Gasteiger partial charge in [-0.15, -0.1) is 0 Å². The molecule has 0 heterocycles. The number of carbonyl (C=O) groups is 2. The van der Waals surface area contributed by atoms with Crippen LogP contribution in [-0.4, -0.2) is 22.0 Å². The highest BCUT2D eigenvalue weighted by atomic mass is 32.1. The highest BCUT2D eigenvalue weighted by molar-refractivity contribution is 7.80. The molecule has 4 N–H and O–H groups in total. The Labute approximate surface area is 238 Å². The summed E-state index contributed by atoms with van der Waals surface area (Å²) in [7, 11) is 0. The second-order valence-corrected chi connectivity index (χ2v) is 11.3. The first-order chi connectivity index (χ1) is 18.7. The monoisotopic (exact) mass is 554 g/mol. The van der Waals surface area contributed by atoms with Gasteiger partial charge >= 0.3 is 0 Å². The third-order valence-corrected chi connectivity index (χ3v) is 8.19. The van der Waals surface area contributed by atoms with Crippen molar-refractivity contribution in [2.45, 2.75) is 26.7 Å². The number of benzene rings is 4. The number of fused-ring (bicyclic) bond motifs is 2. The highest BCUT2D eigenvalue weighted by Gasteiger charge is 2.52. The number of hydrogen-bond acceptors (Lipinski definition) is 4. The van der Waals surface area contributed by atoms with Gasteiger partial charge in [0, 0.05) is 34.5 Å². The maximum atomic E-state index is 13.1. The predicted octanol–water partition coefficient (Wildman–Crippen LogP) is 6.37. The summed E-state index contributed by atoms with van der Waals surface area (Å²) in [5, 5.41) is 16.7. The summed E-state index contributed by atoms with van der Waals surface area (Å²) in [6, 6.07) is 27.8. The van der Waals surface area contributed by atoms with Crippen molar-refractivity contribution in [2.24, 2.45) is 17.3 Å². The lowest BCUT2D eigenvalue weighted by molar-refractivity contribution is -0.143. The Hall–Kier alpha value is -3.88. The predicted molar refractivity (Wildman–Crippen MR) is 167 cm³/mol. The second kappa shape index (κ2) is 11.1. The van der Waals surface area contributed by atoms with E-state index in [0.29, 0.717) is 6.42 Å². The summed E-state index contributed by atoms with van der Waals surface area (Å²) in [6.45, 7) is 4.04. The van der Waals surface area contributed by atoms with Crippen molar-refractivity contribution in [2.75, 3.05) is 10.6 Å². The van der Waals surface area contributed by atoms with E-state index in [-0.39, 0.29) is 45.7 Å². The molecule has 4 aromatic carbocycles.